The number of rotatable bonds is 6. The van der Waals surface area contributed by atoms with E-state index in [9.17, 15) is 0 Å². The highest BCUT2D eigenvalue weighted by Crippen LogP contribution is 2.28. The Morgan fingerprint density at radius 1 is 1.06 bits per heavy atom. The molecule has 0 aliphatic carbocycles. The molecule has 2 nitrogen and oxygen atoms in total. The van der Waals surface area contributed by atoms with Crippen molar-refractivity contribution in [2.75, 3.05) is 37.7 Å². The fraction of sp³-hybridized carbons (Fsp3) is 1.00. The summed E-state index contributed by atoms with van der Waals surface area (Å²) in [6.45, 7) is 16.5. The van der Waals surface area contributed by atoms with E-state index in [2.05, 4.69) is 56.6 Å². The van der Waals surface area contributed by atoms with Crippen LogP contribution in [0.3, 0.4) is 0 Å². The van der Waals surface area contributed by atoms with Gasteiger partial charge in [-0.1, -0.05) is 13.8 Å². The Labute approximate surface area is 118 Å². The molecule has 1 N–H and O–H groups in total. The molecule has 1 heterocycles. The van der Waals surface area contributed by atoms with Gasteiger partial charge in [0.1, 0.15) is 0 Å². The molecule has 0 radical (unpaired) electrons. The Hall–Kier alpha value is 0.270. The average Bonchev–Trinajstić information content (AvgIpc) is 2.35. The Bertz CT molecular complexity index is 225. The van der Waals surface area contributed by atoms with Crippen LogP contribution in [0.1, 0.15) is 47.5 Å². The topological polar surface area (TPSA) is 15.3 Å². The van der Waals surface area contributed by atoms with Crippen LogP contribution < -0.4 is 5.32 Å². The third-order valence-corrected chi connectivity index (χ3v) is 5.10. The van der Waals surface area contributed by atoms with E-state index in [-0.39, 0.29) is 5.54 Å². The highest BCUT2D eigenvalue weighted by atomic mass is 32.2. The summed E-state index contributed by atoms with van der Waals surface area (Å²) in [6.07, 6.45) is 2.55. The Kier molecular flexibility index (Phi) is 6.49. The minimum absolute atomic E-state index is 0.230. The molecule has 108 valence electrons. The molecule has 0 aromatic carbocycles. The van der Waals surface area contributed by atoms with Crippen molar-refractivity contribution in [2.45, 2.75) is 53.0 Å². The fourth-order valence-electron chi connectivity index (χ4n) is 2.47. The second-order valence-corrected chi connectivity index (χ2v) is 7.92. The minimum Gasteiger partial charge on any atom is -0.311 e. The van der Waals surface area contributed by atoms with E-state index in [4.69, 9.17) is 0 Å². The molecule has 1 aliphatic rings. The van der Waals surface area contributed by atoms with Crippen LogP contribution >= 0.6 is 11.8 Å². The normalized spacial score (nSPS) is 19.2. The molecule has 1 aliphatic heterocycles. The van der Waals surface area contributed by atoms with E-state index >= 15 is 0 Å². The molecule has 0 aromatic heterocycles. The van der Waals surface area contributed by atoms with Crippen molar-refractivity contribution >= 4 is 11.8 Å². The van der Waals surface area contributed by atoms with E-state index in [0.29, 0.717) is 5.41 Å². The first-order valence-electron chi connectivity index (χ1n) is 7.46. The maximum absolute atomic E-state index is 3.72. The highest BCUT2D eigenvalue weighted by molar-refractivity contribution is 7.99. The molecule has 18 heavy (non-hydrogen) atoms. The van der Waals surface area contributed by atoms with Crippen LogP contribution in [0.2, 0.25) is 0 Å². The first-order chi connectivity index (χ1) is 8.41. The smallest absolute Gasteiger partial charge is 0.00967 e. The maximum atomic E-state index is 3.72. The number of thioether (sulfide) groups is 1. The number of hydrogen-bond acceptors (Lipinski definition) is 3. The molecule has 1 fully saturated rings. The van der Waals surface area contributed by atoms with E-state index in [1.54, 1.807) is 0 Å². The van der Waals surface area contributed by atoms with Crippen LogP contribution in [0.25, 0.3) is 0 Å². The van der Waals surface area contributed by atoms with E-state index in [0.717, 1.165) is 6.54 Å². The quantitative estimate of drug-likeness (QED) is 0.799. The third kappa shape index (κ3) is 5.50. The average molecular weight is 273 g/mol. The predicted molar refractivity (Wildman–Crippen MR) is 84.5 cm³/mol. The molecule has 1 saturated heterocycles. The standard InChI is InChI=1S/C15H32N2S/c1-6-15(7-2,12-16-14(3,4)5)13-17-8-10-18-11-9-17/h16H,6-13H2,1-5H3. The van der Waals surface area contributed by atoms with Gasteiger partial charge in [0.25, 0.3) is 0 Å². The van der Waals surface area contributed by atoms with Gasteiger partial charge in [-0.15, -0.1) is 0 Å². The Morgan fingerprint density at radius 3 is 2.06 bits per heavy atom. The van der Waals surface area contributed by atoms with Crippen molar-refractivity contribution in [3.63, 3.8) is 0 Å². The second-order valence-electron chi connectivity index (χ2n) is 6.70. The molecular weight excluding hydrogens is 240 g/mol. The van der Waals surface area contributed by atoms with Crippen molar-refractivity contribution in [1.29, 1.82) is 0 Å². The summed E-state index contributed by atoms with van der Waals surface area (Å²) in [4.78, 5) is 2.67. The molecule has 0 spiro atoms. The molecule has 0 atom stereocenters. The summed E-state index contributed by atoms with van der Waals surface area (Å²) in [5.41, 5.74) is 0.683. The van der Waals surface area contributed by atoms with E-state index in [1.807, 2.05) is 0 Å². The molecule has 0 unspecified atom stereocenters. The monoisotopic (exact) mass is 272 g/mol. The van der Waals surface area contributed by atoms with Gasteiger partial charge in [-0.2, -0.15) is 11.8 Å². The van der Waals surface area contributed by atoms with Crippen LogP contribution in [0, 0.1) is 5.41 Å². The van der Waals surface area contributed by atoms with Crippen molar-refractivity contribution < 1.29 is 0 Å². The first-order valence-corrected chi connectivity index (χ1v) is 8.61. The van der Waals surface area contributed by atoms with Gasteiger partial charge in [0.2, 0.25) is 0 Å². The van der Waals surface area contributed by atoms with Crippen molar-refractivity contribution in [1.82, 2.24) is 10.2 Å². The lowest BCUT2D eigenvalue weighted by Gasteiger charge is -2.40. The van der Waals surface area contributed by atoms with Crippen LogP contribution in [-0.4, -0.2) is 48.1 Å². The lowest BCUT2D eigenvalue weighted by molar-refractivity contribution is 0.133. The van der Waals surface area contributed by atoms with Gasteiger partial charge in [-0.3, -0.25) is 0 Å². The third-order valence-electron chi connectivity index (χ3n) is 4.16. The lowest BCUT2D eigenvalue weighted by Crippen LogP contribution is -2.49. The molecule has 1 rings (SSSR count). The van der Waals surface area contributed by atoms with Gasteiger partial charge in [-0.25, -0.2) is 0 Å². The first kappa shape index (κ1) is 16.3. The summed E-state index contributed by atoms with van der Waals surface area (Å²) in [5, 5.41) is 3.72. The maximum Gasteiger partial charge on any atom is 0.00967 e. The van der Waals surface area contributed by atoms with E-state index < -0.39 is 0 Å². The largest absolute Gasteiger partial charge is 0.311 e. The SMILES string of the molecule is CCC(CC)(CNC(C)(C)C)CN1CCSCC1. The fourth-order valence-corrected chi connectivity index (χ4v) is 3.44. The molecule has 0 amide bonds. The number of hydrogen-bond donors (Lipinski definition) is 1. The van der Waals surface area contributed by atoms with Crippen LogP contribution in [0.15, 0.2) is 0 Å². The van der Waals surface area contributed by atoms with Crippen LogP contribution in [-0.2, 0) is 0 Å². The molecule has 3 heteroatoms. The van der Waals surface area contributed by atoms with E-state index in [1.165, 1.54) is 44.0 Å². The van der Waals surface area contributed by atoms with Gasteiger partial charge >= 0.3 is 0 Å². The zero-order valence-corrected chi connectivity index (χ0v) is 13.8. The van der Waals surface area contributed by atoms with Crippen molar-refractivity contribution in [3.8, 4) is 0 Å². The van der Waals surface area contributed by atoms with Crippen molar-refractivity contribution in [2.24, 2.45) is 5.41 Å². The van der Waals surface area contributed by atoms with Gasteiger partial charge in [0, 0.05) is 43.2 Å². The highest BCUT2D eigenvalue weighted by Gasteiger charge is 2.30. The van der Waals surface area contributed by atoms with Gasteiger partial charge in [-0.05, 0) is 39.0 Å². The number of nitrogens with zero attached hydrogens (tertiary/aromatic N) is 1. The van der Waals surface area contributed by atoms with Gasteiger partial charge in [0.15, 0.2) is 0 Å². The predicted octanol–water partition coefficient (Wildman–Crippen LogP) is 3.23. The van der Waals surface area contributed by atoms with Crippen LogP contribution in [0.5, 0.6) is 0 Å². The molecule has 0 saturated carbocycles. The van der Waals surface area contributed by atoms with Gasteiger partial charge < -0.3 is 10.2 Å². The summed E-state index contributed by atoms with van der Waals surface area (Å²) in [7, 11) is 0. The number of nitrogens with one attached hydrogen (secondary N) is 1. The molecule has 0 bridgehead atoms. The zero-order chi connectivity index (χ0) is 13.6. The Balaban J connectivity index is 2.54. The lowest BCUT2D eigenvalue weighted by atomic mass is 9.81. The zero-order valence-electron chi connectivity index (χ0n) is 13.0. The molecular formula is C15H32N2S. The summed E-state index contributed by atoms with van der Waals surface area (Å²) in [6, 6.07) is 0. The minimum atomic E-state index is 0.230. The van der Waals surface area contributed by atoms with Crippen molar-refractivity contribution in [3.05, 3.63) is 0 Å². The molecule has 0 aromatic rings. The Morgan fingerprint density at radius 2 is 1.61 bits per heavy atom. The summed E-state index contributed by atoms with van der Waals surface area (Å²) in [5.74, 6) is 2.63. The summed E-state index contributed by atoms with van der Waals surface area (Å²) < 4.78 is 0. The van der Waals surface area contributed by atoms with Crippen LogP contribution in [0.4, 0.5) is 0 Å². The van der Waals surface area contributed by atoms with Gasteiger partial charge in [0.05, 0.1) is 0 Å². The summed E-state index contributed by atoms with van der Waals surface area (Å²) >= 11 is 2.10. The second kappa shape index (κ2) is 7.16.